The quantitative estimate of drug-likeness (QED) is 0.630. The van der Waals surface area contributed by atoms with Crippen molar-refractivity contribution in [1.82, 2.24) is 4.57 Å². The largest absolute Gasteiger partial charge is 0.485 e. The first kappa shape index (κ1) is 23.0. The van der Waals surface area contributed by atoms with Gasteiger partial charge in [-0.25, -0.2) is 0 Å². The molecule has 1 aromatic heterocycles. The second-order valence-corrected chi connectivity index (χ2v) is 9.57. The summed E-state index contributed by atoms with van der Waals surface area (Å²) >= 11 is 0. The van der Waals surface area contributed by atoms with Crippen LogP contribution in [-0.4, -0.2) is 47.8 Å². The summed E-state index contributed by atoms with van der Waals surface area (Å²) in [5.41, 5.74) is -0.574. The molecule has 0 aliphatic carbocycles. The Morgan fingerprint density at radius 2 is 2.03 bits per heavy atom. The van der Waals surface area contributed by atoms with E-state index in [0.717, 1.165) is 6.26 Å². The van der Waals surface area contributed by atoms with Crippen molar-refractivity contribution in [1.29, 1.82) is 5.26 Å². The second-order valence-electron chi connectivity index (χ2n) is 7.97. The van der Waals surface area contributed by atoms with Crippen LogP contribution in [0.1, 0.15) is 49.1 Å². The number of aliphatic hydroxyl groups is 2. The zero-order valence-corrected chi connectivity index (χ0v) is 18.2. The molecule has 0 spiro atoms. The van der Waals surface area contributed by atoms with Gasteiger partial charge in [-0.3, -0.25) is 8.98 Å². The molecule has 0 amide bonds. The van der Waals surface area contributed by atoms with Crippen molar-refractivity contribution in [3.63, 3.8) is 0 Å². The summed E-state index contributed by atoms with van der Waals surface area (Å²) in [6.07, 6.45) is 0.292. The summed E-state index contributed by atoms with van der Waals surface area (Å²) in [7, 11) is -3.92. The maximum atomic E-state index is 13.0. The number of hydrogen-bond donors (Lipinski definition) is 2. The minimum atomic E-state index is -3.92. The van der Waals surface area contributed by atoms with Crippen LogP contribution in [-0.2, 0) is 14.3 Å². The van der Waals surface area contributed by atoms with Crippen LogP contribution >= 0.6 is 0 Å². The smallest absolute Gasteiger partial charge is 0.264 e. The molecule has 2 aromatic rings. The molecule has 1 aromatic carbocycles. The molecule has 31 heavy (non-hydrogen) atoms. The molecule has 1 aliphatic rings. The molecule has 0 fully saturated rings. The minimum absolute atomic E-state index is 0.0714. The SMILES string of the molecule is CC1(C)Oc2ccc(C#N)cc2[C@@H](n2ccc(C(O)CCO)cc2=O)[C@@H]1OS(C)(=O)=O. The topological polar surface area (TPSA) is 139 Å². The van der Waals surface area contributed by atoms with Gasteiger partial charge in [-0.05, 0) is 43.7 Å². The van der Waals surface area contributed by atoms with Gasteiger partial charge in [0.2, 0.25) is 0 Å². The maximum absolute atomic E-state index is 13.0. The Morgan fingerprint density at radius 3 is 2.61 bits per heavy atom. The summed E-state index contributed by atoms with van der Waals surface area (Å²) < 4.78 is 36.7. The predicted octanol–water partition coefficient (Wildman–Crippen LogP) is 1.24. The zero-order valence-electron chi connectivity index (χ0n) is 17.3. The number of nitrogens with zero attached hydrogens (tertiary/aromatic N) is 2. The van der Waals surface area contributed by atoms with Gasteiger partial charge >= 0.3 is 0 Å². The number of fused-ring (bicyclic) bond motifs is 1. The van der Waals surface area contributed by atoms with E-state index in [1.165, 1.54) is 29.0 Å². The number of aromatic nitrogens is 1. The molecule has 0 saturated carbocycles. The maximum Gasteiger partial charge on any atom is 0.264 e. The molecule has 0 saturated heterocycles. The van der Waals surface area contributed by atoms with Gasteiger partial charge in [-0.1, -0.05) is 0 Å². The third kappa shape index (κ3) is 4.80. The lowest BCUT2D eigenvalue weighted by Gasteiger charge is -2.44. The van der Waals surface area contributed by atoms with E-state index in [2.05, 4.69) is 0 Å². The van der Waals surface area contributed by atoms with Gasteiger partial charge in [0.15, 0.2) is 0 Å². The van der Waals surface area contributed by atoms with Gasteiger partial charge in [-0.15, -0.1) is 0 Å². The molecular formula is C21H24N2O7S. The molecule has 0 bridgehead atoms. The van der Waals surface area contributed by atoms with E-state index in [4.69, 9.17) is 14.0 Å². The summed E-state index contributed by atoms with van der Waals surface area (Å²) in [5, 5.41) is 28.4. The summed E-state index contributed by atoms with van der Waals surface area (Å²) in [5.74, 6) is 0.402. The van der Waals surface area contributed by atoms with Crippen molar-refractivity contribution in [2.24, 2.45) is 0 Å². The van der Waals surface area contributed by atoms with Crippen LogP contribution in [0.25, 0.3) is 0 Å². The fourth-order valence-electron chi connectivity index (χ4n) is 3.71. The normalized spacial score (nSPS) is 20.9. The predicted molar refractivity (Wildman–Crippen MR) is 111 cm³/mol. The van der Waals surface area contributed by atoms with E-state index in [1.807, 2.05) is 6.07 Å². The van der Waals surface area contributed by atoms with E-state index >= 15 is 0 Å². The molecule has 2 N–H and O–H groups in total. The molecule has 9 nitrogen and oxygen atoms in total. The van der Waals surface area contributed by atoms with Crippen molar-refractivity contribution in [2.75, 3.05) is 12.9 Å². The molecule has 166 valence electrons. The minimum Gasteiger partial charge on any atom is -0.485 e. The van der Waals surface area contributed by atoms with Crippen molar-refractivity contribution in [3.8, 4) is 11.8 Å². The van der Waals surface area contributed by atoms with E-state index < -0.39 is 39.5 Å². The molecule has 3 rings (SSSR count). The zero-order chi connectivity index (χ0) is 23.0. The first-order chi connectivity index (χ1) is 14.5. The highest BCUT2D eigenvalue weighted by atomic mass is 32.2. The lowest BCUT2D eigenvalue weighted by molar-refractivity contribution is -0.0463. The molecule has 1 aliphatic heterocycles. The molecule has 1 unspecified atom stereocenters. The third-order valence-corrected chi connectivity index (χ3v) is 5.70. The number of rotatable bonds is 6. The number of ether oxygens (including phenoxy) is 1. The summed E-state index contributed by atoms with van der Waals surface area (Å²) in [4.78, 5) is 13.0. The van der Waals surface area contributed by atoms with Gasteiger partial charge in [0, 0.05) is 30.9 Å². The number of hydrogen-bond acceptors (Lipinski definition) is 8. The molecule has 10 heteroatoms. The van der Waals surface area contributed by atoms with Crippen molar-refractivity contribution < 1.29 is 27.6 Å². The van der Waals surface area contributed by atoms with E-state index in [0.29, 0.717) is 22.4 Å². The number of pyridine rings is 1. The fourth-order valence-corrected chi connectivity index (χ4v) is 4.42. The molecule has 0 radical (unpaired) electrons. The van der Waals surface area contributed by atoms with Gasteiger partial charge in [-0.2, -0.15) is 13.7 Å². The average molecular weight is 448 g/mol. The van der Waals surface area contributed by atoms with Crippen LogP contribution in [0.2, 0.25) is 0 Å². The Hall–Kier alpha value is -2.71. The van der Waals surface area contributed by atoms with Crippen LogP contribution in [0.5, 0.6) is 5.75 Å². The van der Waals surface area contributed by atoms with Crippen molar-refractivity contribution in [3.05, 3.63) is 63.6 Å². The highest BCUT2D eigenvalue weighted by molar-refractivity contribution is 7.86. The van der Waals surface area contributed by atoms with Gasteiger partial charge < -0.3 is 19.5 Å². The van der Waals surface area contributed by atoms with Gasteiger partial charge in [0.05, 0.1) is 30.0 Å². The molecule has 2 heterocycles. The Kier molecular flexibility index (Phi) is 6.25. The van der Waals surface area contributed by atoms with Crippen molar-refractivity contribution >= 4 is 10.1 Å². The molecular weight excluding hydrogens is 424 g/mol. The lowest BCUT2D eigenvalue weighted by atomic mass is 9.85. The van der Waals surface area contributed by atoms with Crippen LogP contribution in [0.15, 0.2) is 41.3 Å². The fraction of sp³-hybridized carbons (Fsp3) is 0.429. The highest BCUT2D eigenvalue weighted by Crippen LogP contribution is 2.43. The van der Waals surface area contributed by atoms with E-state index in [9.17, 15) is 23.6 Å². The van der Waals surface area contributed by atoms with E-state index in [-0.39, 0.29) is 13.0 Å². The first-order valence-electron chi connectivity index (χ1n) is 9.59. The Morgan fingerprint density at radius 1 is 1.32 bits per heavy atom. The summed E-state index contributed by atoms with van der Waals surface area (Å²) in [6.45, 7) is 3.07. The lowest BCUT2D eigenvalue weighted by Crippen LogP contribution is -2.54. The molecule has 3 atom stereocenters. The van der Waals surface area contributed by atoms with Crippen LogP contribution < -0.4 is 10.3 Å². The number of aliphatic hydroxyl groups excluding tert-OH is 2. The summed E-state index contributed by atoms with van der Waals surface area (Å²) in [6, 6.07) is 8.57. The Bertz CT molecular complexity index is 1180. The number of nitriles is 1. The van der Waals surface area contributed by atoms with Crippen LogP contribution in [0.4, 0.5) is 0 Å². The third-order valence-electron chi connectivity index (χ3n) is 5.14. The first-order valence-corrected chi connectivity index (χ1v) is 11.4. The number of benzene rings is 1. The van der Waals surface area contributed by atoms with Crippen molar-refractivity contribution in [2.45, 2.75) is 44.1 Å². The average Bonchev–Trinajstić information content (AvgIpc) is 2.67. The second kappa shape index (κ2) is 8.43. The van der Waals surface area contributed by atoms with Gasteiger partial charge in [0.1, 0.15) is 17.5 Å². The highest BCUT2D eigenvalue weighted by Gasteiger charge is 2.48. The standard InChI is InChI=1S/C21H24N2O7S/c1-21(2)20(30-31(3,27)28)19(15-10-13(12-22)4-5-17(15)29-21)23-8-6-14(11-18(23)26)16(25)7-9-24/h4-6,8,10-11,16,19-20,24-25H,7,9H2,1-3H3/t16?,19-,20+/m1/s1. The van der Waals surface area contributed by atoms with Crippen LogP contribution in [0.3, 0.4) is 0 Å². The Labute approximate surface area is 180 Å². The van der Waals surface area contributed by atoms with E-state index in [1.54, 1.807) is 26.0 Å². The monoisotopic (exact) mass is 448 g/mol. The van der Waals surface area contributed by atoms with Gasteiger partial charge in [0.25, 0.3) is 15.7 Å². The Balaban J connectivity index is 2.22. The van der Waals surface area contributed by atoms with Crippen LogP contribution in [0, 0.1) is 11.3 Å².